The average molecular weight is 229 g/mol. The number of para-hydroxylation sites is 1. The van der Waals surface area contributed by atoms with Crippen molar-refractivity contribution in [1.82, 2.24) is 0 Å². The minimum atomic E-state index is -0.0750. The van der Waals surface area contributed by atoms with Gasteiger partial charge in [-0.2, -0.15) is 0 Å². The van der Waals surface area contributed by atoms with Crippen LogP contribution in [0.25, 0.3) is 0 Å². The summed E-state index contributed by atoms with van der Waals surface area (Å²) < 4.78 is 0. The van der Waals surface area contributed by atoms with Crippen molar-refractivity contribution in [2.24, 2.45) is 5.41 Å². The molecule has 0 spiro atoms. The van der Waals surface area contributed by atoms with E-state index in [1.807, 2.05) is 24.3 Å². The molecule has 0 saturated carbocycles. The summed E-state index contributed by atoms with van der Waals surface area (Å²) >= 11 is 0. The molecule has 0 aliphatic heterocycles. The molecule has 2 heteroatoms. The van der Waals surface area contributed by atoms with Gasteiger partial charge in [0.05, 0.1) is 5.69 Å². The third kappa shape index (κ3) is 4.32. The standard InChI is InChI=1S/C15H19NO/c1-5-15(3,4)11-10-13-8-6-7-9-14(13)16-12(2)17/h6-9H,5H2,1-4H3,(H,16,17). The Morgan fingerprint density at radius 2 is 2.00 bits per heavy atom. The van der Waals surface area contributed by atoms with E-state index in [0.29, 0.717) is 0 Å². The predicted octanol–water partition coefficient (Wildman–Crippen LogP) is 3.43. The van der Waals surface area contributed by atoms with Gasteiger partial charge in [-0.25, -0.2) is 0 Å². The van der Waals surface area contributed by atoms with Crippen molar-refractivity contribution in [3.05, 3.63) is 29.8 Å². The molecule has 0 aromatic heterocycles. The maximum absolute atomic E-state index is 11.1. The summed E-state index contributed by atoms with van der Waals surface area (Å²) in [6.45, 7) is 7.84. The highest BCUT2D eigenvalue weighted by Crippen LogP contribution is 2.19. The molecule has 0 unspecified atom stereocenters. The van der Waals surface area contributed by atoms with Gasteiger partial charge in [0.25, 0.3) is 0 Å². The van der Waals surface area contributed by atoms with Crippen molar-refractivity contribution < 1.29 is 4.79 Å². The molecule has 0 aliphatic carbocycles. The van der Waals surface area contributed by atoms with Crippen LogP contribution in [0.1, 0.15) is 39.7 Å². The van der Waals surface area contributed by atoms with Crippen LogP contribution >= 0.6 is 0 Å². The zero-order valence-electron chi connectivity index (χ0n) is 10.9. The summed E-state index contributed by atoms with van der Waals surface area (Å²) in [7, 11) is 0. The SMILES string of the molecule is CCC(C)(C)C#Cc1ccccc1NC(C)=O. The van der Waals surface area contributed by atoms with Gasteiger partial charge in [0, 0.05) is 17.9 Å². The van der Waals surface area contributed by atoms with E-state index in [0.717, 1.165) is 17.7 Å². The van der Waals surface area contributed by atoms with Crippen LogP contribution in [-0.2, 0) is 4.79 Å². The maximum Gasteiger partial charge on any atom is 0.221 e. The Morgan fingerprint density at radius 1 is 1.35 bits per heavy atom. The Hall–Kier alpha value is -1.75. The van der Waals surface area contributed by atoms with Gasteiger partial charge in [0.1, 0.15) is 0 Å². The van der Waals surface area contributed by atoms with E-state index in [1.165, 1.54) is 6.92 Å². The summed E-state index contributed by atoms with van der Waals surface area (Å²) in [5, 5.41) is 2.79. The first-order chi connectivity index (χ1) is 7.94. The lowest BCUT2D eigenvalue weighted by Gasteiger charge is -2.13. The minimum absolute atomic E-state index is 0.00331. The first-order valence-electron chi connectivity index (χ1n) is 5.84. The molecule has 2 nitrogen and oxygen atoms in total. The van der Waals surface area contributed by atoms with Gasteiger partial charge >= 0.3 is 0 Å². The monoisotopic (exact) mass is 229 g/mol. The lowest BCUT2D eigenvalue weighted by atomic mass is 9.91. The maximum atomic E-state index is 11.1. The number of hydrogen-bond donors (Lipinski definition) is 1. The molecule has 0 heterocycles. The highest BCUT2D eigenvalue weighted by Gasteiger charge is 2.10. The fraction of sp³-hybridized carbons (Fsp3) is 0.400. The van der Waals surface area contributed by atoms with Crippen LogP contribution in [0, 0.1) is 17.3 Å². The first-order valence-corrected chi connectivity index (χ1v) is 5.84. The molecule has 0 atom stereocenters. The second-order valence-electron chi connectivity index (χ2n) is 4.71. The highest BCUT2D eigenvalue weighted by molar-refractivity contribution is 5.90. The fourth-order valence-corrected chi connectivity index (χ4v) is 1.22. The van der Waals surface area contributed by atoms with Crippen molar-refractivity contribution in [2.45, 2.75) is 34.1 Å². The van der Waals surface area contributed by atoms with Crippen LogP contribution < -0.4 is 5.32 Å². The lowest BCUT2D eigenvalue weighted by Crippen LogP contribution is -2.08. The summed E-state index contributed by atoms with van der Waals surface area (Å²) in [5.74, 6) is 6.31. The predicted molar refractivity (Wildman–Crippen MR) is 71.7 cm³/mol. The number of benzene rings is 1. The zero-order valence-corrected chi connectivity index (χ0v) is 10.9. The fourth-order valence-electron chi connectivity index (χ4n) is 1.22. The van der Waals surface area contributed by atoms with Gasteiger partial charge in [0.15, 0.2) is 0 Å². The zero-order chi connectivity index (χ0) is 12.9. The van der Waals surface area contributed by atoms with Crippen LogP contribution in [0.2, 0.25) is 0 Å². The number of carbonyl (C=O) groups is 1. The third-order valence-corrected chi connectivity index (χ3v) is 2.66. The average Bonchev–Trinajstić information content (AvgIpc) is 2.27. The van der Waals surface area contributed by atoms with Gasteiger partial charge in [-0.15, -0.1) is 0 Å². The van der Waals surface area contributed by atoms with E-state index in [4.69, 9.17) is 0 Å². The van der Waals surface area contributed by atoms with Crippen molar-refractivity contribution in [3.63, 3.8) is 0 Å². The van der Waals surface area contributed by atoms with Crippen molar-refractivity contribution >= 4 is 11.6 Å². The second kappa shape index (κ2) is 5.54. The quantitative estimate of drug-likeness (QED) is 0.773. The molecule has 0 saturated heterocycles. The van der Waals surface area contributed by atoms with E-state index in [1.54, 1.807) is 0 Å². The molecule has 0 radical (unpaired) electrons. The minimum Gasteiger partial charge on any atom is -0.325 e. The van der Waals surface area contributed by atoms with Gasteiger partial charge in [-0.05, 0) is 32.4 Å². The van der Waals surface area contributed by atoms with Crippen LogP contribution in [0.4, 0.5) is 5.69 Å². The lowest BCUT2D eigenvalue weighted by molar-refractivity contribution is -0.114. The Morgan fingerprint density at radius 3 is 2.59 bits per heavy atom. The summed E-state index contributed by atoms with van der Waals surface area (Å²) in [4.78, 5) is 11.1. The van der Waals surface area contributed by atoms with Crippen molar-refractivity contribution in [3.8, 4) is 11.8 Å². The van der Waals surface area contributed by atoms with Crippen LogP contribution in [0.3, 0.4) is 0 Å². The number of anilines is 1. The molecule has 1 aromatic rings. The van der Waals surface area contributed by atoms with Crippen LogP contribution in [0.15, 0.2) is 24.3 Å². The van der Waals surface area contributed by atoms with Crippen LogP contribution in [0.5, 0.6) is 0 Å². The Kier molecular flexibility index (Phi) is 4.34. The molecular weight excluding hydrogens is 210 g/mol. The number of rotatable bonds is 2. The molecule has 90 valence electrons. The summed E-state index contributed by atoms with van der Waals surface area (Å²) in [6, 6.07) is 7.60. The largest absolute Gasteiger partial charge is 0.325 e. The summed E-state index contributed by atoms with van der Waals surface area (Å²) in [6.07, 6.45) is 1.00. The normalized spacial score (nSPS) is 10.4. The Bertz CT molecular complexity index is 463. The van der Waals surface area contributed by atoms with E-state index in [2.05, 4.69) is 37.9 Å². The van der Waals surface area contributed by atoms with Gasteiger partial charge in [-0.3, -0.25) is 4.79 Å². The molecule has 1 rings (SSSR count). The molecular formula is C15H19NO. The van der Waals surface area contributed by atoms with Crippen LogP contribution in [-0.4, -0.2) is 5.91 Å². The molecule has 0 aliphatic rings. The Balaban J connectivity index is 3.02. The highest BCUT2D eigenvalue weighted by atomic mass is 16.1. The van der Waals surface area contributed by atoms with Gasteiger partial charge < -0.3 is 5.32 Å². The number of nitrogens with one attached hydrogen (secondary N) is 1. The molecule has 1 N–H and O–H groups in total. The molecule has 0 fully saturated rings. The Labute approximate surface area is 103 Å². The number of hydrogen-bond acceptors (Lipinski definition) is 1. The van der Waals surface area contributed by atoms with Gasteiger partial charge in [0.2, 0.25) is 5.91 Å². The van der Waals surface area contributed by atoms with E-state index in [-0.39, 0.29) is 11.3 Å². The van der Waals surface area contributed by atoms with Crippen molar-refractivity contribution in [1.29, 1.82) is 0 Å². The first kappa shape index (κ1) is 13.3. The van der Waals surface area contributed by atoms with E-state index < -0.39 is 0 Å². The topological polar surface area (TPSA) is 29.1 Å². The van der Waals surface area contributed by atoms with Gasteiger partial charge in [-0.1, -0.05) is 30.9 Å². The molecule has 0 bridgehead atoms. The second-order valence-corrected chi connectivity index (χ2v) is 4.71. The molecule has 1 amide bonds. The molecule has 17 heavy (non-hydrogen) atoms. The smallest absolute Gasteiger partial charge is 0.221 e. The third-order valence-electron chi connectivity index (χ3n) is 2.66. The molecule has 1 aromatic carbocycles. The van der Waals surface area contributed by atoms with Crippen molar-refractivity contribution in [2.75, 3.05) is 5.32 Å². The number of carbonyl (C=O) groups excluding carboxylic acids is 1. The van der Waals surface area contributed by atoms with E-state index >= 15 is 0 Å². The summed E-state index contributed by atoms with van der Waals surface area (Å²) in [5.41, 5.74) is 1.65. The number of amides is 1. The van der Waals surface area contributed by atoms with E-state index in [9.17, 15) is 4.79 Å².